The summed E-state index contributed by atoms with van der Waals surface area (Å²) in [6.07, 6.45) is 10.4. The maximum Gasteiger partial charge on any atom is 0.163 e. The van der Waals surface area contributed by atoms with E-state index in [2.05, 4.69) is 53.7 Å². The summed E-state index contributed by atoms with van der Waals surface area (Å²) in [5, 5.41) is 0. The SMILES string of the molecule is CC1(C)O[C@H]2[C@H](O1)[C@H]1CC(=O)C(C)(C)C[C@]1(C)[C@H]1CC[C@]3(C)C=CC[C@H]3[C@H]21. The number of ether oxygens (including phenoxy) is 2. The summed E-state index contributed by atoms with van der Waals surface area (Å²) in [6.45, 7) is 13.4. The molecule has 0 unspecified atom stereocenters. The molecular weight excluding hydrogens is 336 g/mol. The molecule has 8 atom stereocenters. The molecule has 0 N–H and O–H groups in total. The zero-order chi connectivity index (χ0) is 19.4. The van der Waals surface area contributed by atoms with Crippen molar-refractivity contribution in [2.24, 2.45) is 39.9 Å². The molecule has 0 radical (unpaired) electrons. The highest BCUT2D eigenvalue weighted by atomic mass is 16.8. The number of carbonyl (C=O) groups is 1. The molecule has 4 aliphatic carbocycles. The van der Waals surface area contributed by atoms with Gasteiger partial charge in [-0.3, -0.25) is 4.79 Å². The highest BCUT2D eigenvalue weighted by molar-refractivity contribution is 5.85. The molecule has 0 aromatic carbocycles. The smallest absolute Gasteiger partial charge is 0.163 e. The number of rotatable bonds is 0. The summed E-state index contributed by atoms with van der Waals surface area (Å²) < 4.78 is 13.1. The van der Waals surface area contributed by atoms with Gasteiger partial charge in [0, 0.05) is 17.8 Å². The van der Waals surface area contributed by atoms with Crippen LogP contribution in [0.2, 0.25) is 0 Å². The van der Waals surface area contributed by atoms with Crippen LogP contribution in [0.4, 0.5) is 0 Å². The summed E-state index contributed by atoms with van der Waals surface area (Å²) in [5.41, 5.74) is 0.258. The molecule has 0 amide bonds. The van der Waals surface area contributed by atoms with Crippen LogP contribution in [0.1, 0.15) is 73.6 Å². The van der Waals surface area contributed by atoms with E-state index in [1.807, 2.05) is 0 Å². The largest absolute Gasteiger partial charge is 0.344 e. The molecule has 3 saturated carbocycles. The third-order valence-corrected chi connectivity index (χ3v) is 9.28. The molecule has 0 aromatic heterocycles. The van der Waals surface area contributed by atoms with Gasteiger partial charge in [0.1, 0.15) is 5.78 Å². The summed E-state index contributed by atoms with van der Waals surface area (Å²) in [5.74, 6) is 1.99. The van der Waals surface area contributed by atoms with E-state index in [0.717, 1.165) is 6.42 Å². The van der Waals surface area contributed by atoms with E-state index in [1.54, 1.807) is 0 Å². The minimum absolute atomic E-state index is 0.0641. The first kappa shape index (κ1) is 18.4. The molecule has 5 rings (SSSR count). The third kappa shape index (κ3) is 2.37. The number of Topliss-reactive ketones (excluding diaryl/α,β-unsaturated/α-hetero) is 1. The van der Waals surface area contributed by atoms with Crippen LogP contribution < -0.4 is 0 Å². The first-order chi connectivity index (χ1) is 12.5. The molecular formula is C24H36O3. The van der Waals surface area contributed by atoms with Crippen LogP contribution in [0.3, 0.4) is 0 Å². The summed E-state index contributed by atoms with van der Waals surface area (Å²) in [7, 11) is 0. The van der Waals surface area contributed by atoms with Gasteiger partial charge < -0.3 is 9.47 Å². The molecule has 0 bridgehead atoms. The predicted molar refractivity (Wildman–Crippen MR) is 105 cm³/mol. The summed E-state index contributed by atoms with van der Waals surface area (Å²) >= 11 is 0. The molecule has 0 spiro atoms. The Kier molecular flexibility index (Phi) is 3.59. The Labute approximate surface area is 164 Å². The quantitative estimate of drug-likeness (QED) is 0.552. The van der Waals surface area contributed by atoms with Crippen molar-refractivity contribution >= 4 is 5.78 Å². The van der Waals surface area contributed by atoms with E-state index in [0.29, 0.717) is 41.3 Å². The van der Waals surface area contributed by atoms with E-state index in [9.17, 15) is 4.79 Å². The van der Waals surface area contributed by atoms with Gasteiger partial charge in [-0.15, -0.1) is 0 Å². The van der Waals surface area contributed by atoms with Crippen molar-refractivity contribution in [3.8, 4) is 0 Å². The fourth-order valence-corrected chi connectivity index (χ4v) is 8.12. The van der Waals surface area contributed by atoms with Gasteiger partial charge in [0.05, 0.1) is 12.2 Å². The lowest BCUT2D eigenvalue weighted by Gasteiger charge is -2.63. The van der Waals surface area contributed by atoms with E-state index >= 15 is 0 Å². The lowest BCUT2D eigenvalue weighted by molar-refractivity contribution is -0.188. The molecule has 150 valence electrons. The highest BCUT2D eigenvalue weighted by Gasteiger charge is 2.68. The number of ketones is 1. The molecule has 0 aromatic rings. The van der Waals surface area contributed by atoms with E-state index in [-0.39, 0.29) is 23.0 Å². The van der Waals surface area contributed by atoms with Gasteiger partial charge in [-0.1, -0.05) is 39.8 Å². The topological polar surface area (TPSA) is 35.5 Å². The lowest BCUT2D eigenvalue weighted by Crippen LogP contribution is -2.64. The van der Waals surface area contributed by atoms with Crippen molar-refractivity contribution in [1.29, 1.82) is 0 Å². The highest BCUT2D eigenvalue weighted by Crippen LogP contribution is 2.68. The van der Waals surface area contributed by atoms with Crippen LogP contribution in [-0.4, -0.2) is 23.8 Å². The molecule has 3 heteroatoms. The Morgan fingerprint density at radius 3 is 2.41 bits per heavy atom. The second-order valence-corrected chi connectivity index (χ2v) is 11.8. The molecule has 3 nitrogen and oxygen atoms in total. The van der Waals surface area contributed by atoms with Crippen molar-refractivity contribution in [3.63, 3.8) is 0 Å². The van der Waals surface area contributed by atoms with E-state index in [1.165, 1.54) is 19.3 Å². The second-order valence-electron chi connectivity index (χ2n) is 11.8. The van der Waals surface area contributed by atoms with Gasteiger partial charge in [-0.2, -0.15) is 0 Å². The summed E-state index contributed by atoms with van der Waals surface area (Å²) in [6, 6.07) is 0. The van der Waals surface area contributed by atoms with Crippen LogP contribution in [0.25, 0.3) is 0 Å². The van der Waals surface area contributed by atoms with Crippen molar-refractivity contribution in [2.75, 3.05) is 0 Å². The molecule has 1 aliphatic heterocycles. The van der Waals surface area contributed by atoms with Crippen molar-refractivity contribution in [1.82, 2.24) is 0 Å². The molecule has 4 fully saturated rings. The Balaban J connectivity index is 1.61. The van der Waals surface area contributed by atoms with Crippen LogP contribution in [0, 0.1) is 39.9 Å². The molecule has 5 aliphatic rings. The van der Waals surface area contributed by atoms with Crippen LogP contribution in [0.15, 0.2) is 12.2 Å². The Morgan fingerprint density at radius 2 is 1.67 bits per heavy atom. The first-order valence-corrected chi connectivity index (χ1v) is 11.0. The van der Waals surface area contributed by atoms with Crippen molar-refractivity contribution in [2.45, 2.75) is 91.6 Å². The average molecular weight is 373 g/mol. The fourth-order valence-electron chi connectivity index (χ4n) is 8.12. The number of carbonyl (C=O) groups excluding carboxylic acids is 1. The monoisotopic (exact) mass is 372 g/mol. The minimum Gasteiger partial charge on any atom is -0.344 e. The lowest BCUT2D eigenvalue weighted by atomic mass is 9.42. The van der Waals surface area contributed by atoms with Gasteiger partial charge in [0.25, 0.3) is 0 Å². The molecule has 27 heavy (non-hydrogen) atoms. The Bertz CT molecular complexity index is 706. The van der Waals surface area contributed by atoms with Crippen LogP contribution >= 0.6 is 0 Å². The number of hydrogen-bond donors (Lipinski definition) is 0. The van der Waals surface area contributed by atoms with E-state index in [4.69, 9.17) is 9.47 Å². The van der Waals surface area contributed by atoms with Gasteiger partial charge in [-0.05, 0) is 68.1 Å². The predicted octanol–water partition coefficient (Wildman–Crippen LogP) is 5.14. The Hall–Kier alpha value is -0.670. The number of hydrogen-bond acceptors (Lipinski definition) is 3. The molecule has 1 saturated heterocycles. The third-order valence-electron chi connectivity index (χ3n) is 9.28. The maximum atomic E-state index is 13.0. The average Bonchev–Trinajstić information content (AvgIpc) is 3.08. The van der Waals surface area contributed by atoms with Gasteiger partial charge in [-0.25, -0.2) is 0 Å². The minimum atomic E-state index is -0.541. The fraction of sp³-hybridized carbons (Fsp3) is 0.875. The van der Waals surface area contributed by atoms with Crippen LogP contribution in [-0.2, 0) is 14.3 Å². The van der Waals surface area contributed by atoms with Gasteiger partial charge in [0.15, 0.2) is 5.79 Å². The maximum absolute atomic E-state index is 13.0. The standard InChI is InChI=1S/C24H36O3/c1-21(2)13-24(6)15-9-11-23(5)10-7-8-14(23)18(15)20-19(16(24)12-17(21)25)26-22(3,4)27-20/h7,10,14-16,18-20H,8-9,11-13H2,1-6H3/t14-,15-,16+,18-,19+,20+,23-,24+/m0/s1. The molecule has 1 heterocycles. The number of fused-ring (bicyclic) bond motifs is 8. The van der Waals surface area contributed by atoms with Gasteiger partial charge >= 0.3 is 0 Å². The zero-order valence-corrected chi connectivity index (χ0v) is 17.9. The van der Waals surface area contributed by atoms with E-state index < -0.39 is 5.79 Å². The zero-order valence-electron chi connectivity index (χ0n) is 17.9. The van der Waals surface area contributed by atoms with Gasteiger partial charge in [0.2, 0.25) is 0 Å². The van der Waals surface area contributed by atoms with Crippen molar-refractivity contribution in [3.05, 3.63) is 12.2 Å². The number of allylic oxidation sites excluding steroid dienone is 2. The van der Waals surface area contributed by atoms with Crippen molar-refractivity contribution < 1.29 is 14.3 Å². The summed E-state index contributed by atoms with van der Waals surface area (Å²) in [4.78, 5) is 13.0. The Morgan fingerprint density at radius 1 is 0.963 bits per heavy atom. The van der Waals surface area contributed by atoms with Crippen LogP contribution in [0.5, 0.6) is 0 Å². The first-order valence-electron chi connectivity index (χ1n) is 11.0. The normalized spacial score (nSPS) is 54.8. The second kappa shape index (κ2) is 5.27.